The highest BCUT2D eigenvalue weighted by Gasteiger charge is 2.38. The Balaban J connectivity index is 2.13. The number of para-hydroxylation sites is 1. The maximum absolute atomic E-state index is 12.6. The maximum Gasteiger partial charge on any atom is 0.338 e. The molecule has 1 atom stereocenters. The molecule has 0 fully saturated rings. The van der Waals surface area contributed by atoms with Crippen molar-refractivity contribution in [2.24, 2.45) is 4.99 Å². The minimum absolute atomic E-state index is 0.300. The molecule has 2 aliphatic heterocycles. The molecule has 2 heterocycles. The number of thioether (sulfide) groups is 1. The SMILES string of the molecule is CCOC(=O)C1=C(C)N=C2SC=CN2C1c1ccccc1OCC. The minimum Gasteiger partial charge on any atom is -0.494 e. The Bertz CT molecular complexity index is 740. The molecular weight excluding hydrogens is 324 g/mol. The van der Waals surface area contributed by atoms with E-state index in [2.05, 4.69) is 4.99 Å². The lowest BCUT2D eigenvalue weighted by Gasteiger charge is -2.34. The summed E-state index contributed by atoms with van der Waals surface area (Å²) in [6, 6.07) is 7.50. The van der Waals surface area contributed by atoms with Crippen LogP contribution >= 0.6 is 11.8 Å². The molecule has 1 aromatic carbocycles. The second-order valence-electron chi connectivity index (χ2n) is 5.30. The molecule has 1 aromatic rings. The molecule has 1 unspecified atom stereocenters. The third-order valence-electron chi connectivity index (χ3n) is 3.83. The van der Waals surface area contributed by atoms with Crippen LogP contribution in [-0.2, 0) is 9.53 Å². The van der Waals surface area contributed by atoms with Gasteiger partial charge in [-0.3, -0.25) is 0 Å². The summed E-state index contributed by atoms with van der Waals surface area (Å²) < 4.78 is 11.1. The maximum atomic E-state index is 12.6. The molecule has 0 aromatic heterocycles. The highest BCUT2D eigenvalue weighted by atomic mass is 32.2. The molecule has 0 radical (unpaired) electrons. The molecule has 0 aliphatic carbocycles. The molecule has 24 heavy (non-hydrogen) atoms. The van der Waals surface area contributed by atoms with Gasteiger partial charge in [-0.1, -0.05) is 30.0 Å². The number of carbonyl (C=O) groups is 1. The summed E-state index contributed by atoms with van der Waals surface area (Å²) in [5.74, 6) is 0.436. The van der Waals surface area contributed by atoms with Crippen molar-refractivity contribution in [2.75, 3.05) is 13.2 Å². The quantitative estimate of drug-likeness (QED) is 0.759. The Morgan fingerprint density at radius 2 is 2.08 bits per heavy atom. The van der Waals surface area contributed by atoms with Crippen LogP contribution in [0.2, 0.25) is 0 Å². The van der Waals surface area contributed by atoms with Crippen LogP contribution in [0.25, 0.3) is 0 Å². The van der Waals surface area contributed by atoms with Crippen molar-refractivity contribution >= 4 is 22.9 Å². The first-order valence-corrected chi connectivity index (χ1v) is 8.85. The fraction of sp³-hybridized carbons (Fsp3) is 0.333. The summed E-state index contributed by atoms with van der Waals surface area (Å²) in [5.41, 5.74) is 2.17. The van der Waals surface area contributed by atoms with Crippen molar-refractivity contribution in [2.45, 2.75) is 26.8 Å². The van der Waals surface area contributed by atoms with E-state index in [1.54, 1.807) is 18.7 Å². The van der Waals surface area contributed by atoms with Crippen molar-refractivity contribution in [3.63, 3.8) is 0 Å². The second-order valence-corrected chi connectivity index (χ2v) is 6.17. The van der Waals surface area contributed by atoms with Crippen LogP contribution in [0.15, 0.2) is 52.1 Å². The molecule has 0 spiro atoms. The van der Waals surface area contributed by atoms with Crippen molar-refractivity contribution in [1.82, 2.24) is 4.90 Å². The molecule has 6 heteroatoms. The summed E-state index contributed by atoms with van der Waals surface area (Å²) in [6.07, 6.45) is 1.95. The summed E-state index contributed by atoms with van der Waals surface area (Å²) in [7, 11) is 0. The van der Waals surface area contributed by atoms with Crippen molar-refractivity contribution in [3.05, 3.63) is 52.7 Å². The zero-order valence-electron chi connectivity index (χ0n) is 14.0. The second kappa shape index (κ2) is 7.13. The van der Waals surface area contributed by atoms with Crippen molar-refractivity contribution in [1.29, 1.82) is 0 Å². The van der Waals surface area contributed by atoms with E-state index in [4.69, 9.17) is 9.47 Å². The summed E-state index contributed by atoms with van der Waals surface area (Å²) in [4.78, 5) is 19.2. The highest BCUT2D eigenvalue weighted by molar-refractivity contribution is 8.16. The Labute approximate surface area is 146 Å². The Kier molecular flexibility index (Phi) is 4.94. The zero-order chi connectivity index (χ0) is 17.1. The van der Waals surface area contributed by atoms with Gasteiger partial charge in [-0.25, -0.2) is 9.79 Å². The molecule has 5 nitrogen and oxygen atoms in total. The standard InChI is InChI=1S/C18H20N2O3S/c1-4-22-14-9-7-6-8-13(14)16-15(17(21)23-5-2)12(3)19-18-20(16)10-11-24-18/h6-11,16H,4-5H2,1-3H3. The van der Waals surface area contributed by atoms with Gasteiger partial charge in [-0.2, -0.15) is 0 Å². The van der Waals surface area contributed by atoms with E-state index in [1.807, 2.05) is 54.6 Å². The molecular formula is C18H20N2O3S. The third-order valence-corrected chi connectivity index (χ3v) is 4.60. The predicted octanol–water partition coefficient (Wildman–Crippen LogP) is 3.85. The van der Waals surface area contributed by atoms with Gasteiger partial charge in [0.1, 0.15) is 5.75 Å². The first kappa shape index (κ1) is 16.6. The molecule has 2 aliphatic rings. The lowest BCUT2D eigenvalue weighted by atomic mass is 9.94. The fourth-order valence-electron chi connectivity index (χ4n) is 2.87. The lowest BCUT2D eigenvalue weighted by molar-refractivity contribution is -0.139. The van der Waals surface area contributed by atoms with Crippen LogP contribution < -0.4 is 4.74 Å². The van der Waals surface area contributed by atoms with Gasteiger partial charge in [0.2, 0.25) is 0 Å². The van der Waals surface area contributed by atoms with Gasteiger partial charge in [-0.05, 0) is 32.2 Å². The third kappa shape index (κ3) is 2.94. The van der Waals surface area contributed by atoms with E-state index in [1.165, 1.54) is 0 Å². The number of aliphatic imine (C=N–C) groups is 1. The number of hydrogen-bond donors (Lipinski definition) is 0. The first-order chi connectivity index (χ1) is 11.7. The largest absolute Gasteiger partial charge is 0.494 e. The van der Waals surface area contributed by atoms with Gasteiger partial charge in [-0.15, -0.1) is 0 Å². The van der Waals surface area contributed by atoms with E-state index in [0.29, 0.717) is 24.5 Å². The van der Waals surface area contributed by atoms with Crippen LogP contribution in [0.5, 0.6) is 5.75 Å². The zero-order valence-corrected chi connectivity index (χ0v) is 14.8. The average Bonchev–Trinajstić information content (AvgIpc) is 3.02. The van der Waals surface area contributed by atoms with E-state index in [9.17, 15) is 4.79 Å². The number of amidine groups is 1. The fourth-order valence-corrected chi connectivity index (χ4v) is 3.66. The van der Waals surface area contributed by atoms with Crippen LogP contribution in [0, 0.1) is 0 Å². The van der Waals surface area contributed by atoms with Crippen molar-refractivity contribution in [3.8, 4) is 5.75 Å². The monoisotopic (exact) mass is 344 g/mol. The Morgan fingerprint density at radius 3 is 2.83 bits per heavy atom. The average molecular weight is 344 g/mol. The van der Waals surface area contributed by atoms with E-state index >= 15 is 0 Å². The number of benzene rings is 1. The van der Waals surface area contributed by atoms with Crippen LogP contribution in [0.4, 0.5) is 0 Å². The minimum atomic E-state index is -0.334. The normalized spacial score (nSPS) is 19.2. The molecule has 0 amide bonds. The summed E-state index contributed by atoms with van der Waals surface area (Å²) >= 11 is 1.54. The number of fused-ring (bicyclic) bond motifs is 1. The number of allylic oxidation sites excluding steroid dienone is 1. The van der Waals surface area contributed by atoms with Crippen molar-refractivity contribution < 1.29 is 14.3 Å². The summed E-state index contributed by atoms with van der Waals surface area (Å²) in [6.45, 7) is 6.50. The van der Waals surface area contributed by atoms with Gasteiger partial charge in [0, 0.05) is 11.8 Å². The number of carbonyl (C=O) groups excluding carboxylic acids is 1. The number of esters is 1. The van der Waals surface area contributed by atoms with Gasteiger partial charge in [0.05, 0.1) is 30.5 Å². The van der Waals surface area contributed by atoms with Gasteiger partial charge >= 0.3 is 5.97 Å². The first-order valence-electron chi connectivity index (χ1n) is 7.97. The lowest BCUT2D eigenvalue weighted by Crippen LogP contribution is -2.34. The van der Waals surface area contributed by atoms with E-state index < -0.39 is 0 Å². The van der Waals surface area contributed by atoms with Gasteiger partial charge in [0.25, 0.3) is 0 Å². The highest BCUT2D eigenvalue weighted by Crippen LogP contribution is 2.43. The van der Waals surface area contributed by atoms with Crippen LogP contribution in [-0.4, -0.2) is 29.3 Å². The van der Waals surface area contributed by atoms with E-state index in [0.717, 1.165) is 16.5 Å². The van der Waals surface area contributed by atoms with E-state index in [-0.39, 0.29) is 12.0 Å². The molecule has 3 rings (SSSR count). The summed E-state index contributed by atoms with van der Waals surface area (Å²) in [5, 5.41) is 2.83. The number of rotatable bonds is 5. The number of ether oxygens (including phenoxy) is 2. The molecule has 0 bridgehead atoms. The van der Waals surface area contributed by atoms with Crippen LogP contribution in [0.1, 0.15) is 32.4 Å². The topological polar surface area (TPSA) is 51.1 Å². The van der Waals surface area contributed by atoms with Gasteiger partial charge in [0.15, 0.2) is 5.17 Å². The predicted molar refractivity (Wildman–Crippen MR) is 95.7 cm³/mol. The Morgan fingerprint density at radius 1 is 1.29 bits per heavy atom. The van der Waals surface area contributed by atoms with Crippen LogP contribution in [0.3, 0.4) is 0 Å². The smallest absolute Gasteiger partial charge is 0.338 e. The molecule has 0 saturated carbocycles. The number of nitrogens with zero attached hydrogens (tertiary/aromatic N) is 2. The molecule has 0 saturated heterocycles. The van der Waals surface area contributed by atoms with Gasteiger partial charge < -0.3 is 14.4 Å². The molecule has 126 valence electrons. The molecule has 0 N–H and O–H groups in total. The Hall–Kier alpha value is -2.21. The number of hydrogen-bond acceptors (Lipinski definition) is 6.